The molecule has 26 heavy (non-hydrogen) atoms. The molecule has 0 aliphatic carbocycles. The third kappa shape index (κ3) is 7.24. The number of aromatic nitrogens is 2. The van der Waals surface area contributed by atoms with Crippen molar-refractivity contribution in [3.8, 4) is 0 Å². The van der Waals surface area contributed by atoms with Gasteiger partial charge in [0.1, 0.15) is 0 Å². The fourth-order valence-electron chi connectivity index (χ4n) is 1.82. The number of nitrogens with one attached hydrogen (secondary N) is 2. The molecule has 0 aliphatic rings. The Kier molecular flexibility index (Phi) is 7.76. The molecule has 140 valence electrons. The first-order chi connectivity index (χ1) is 12.4. The molecule has 0 unspecified atom stereocenters. The zero-order valence-corrected chi connectivity index (χ0v) is 16.9. The number of benzene rings is 1. The minimum absolute atomic E-state index is 0.00176. The minimum atomic E-state index is -3.60. The van der Waals surface area contributed by atoms with Gasteiger partial charge in [-0.05, 0) is 24.3 Å². The monoisotopic (exact) mass is 412 g/mol. The molecule has 1 aromatic heterocycles. The first-order valence-electron chi connectivity index (χ1n) is 7.88. The summed E-state index contributed by atoms with van der Waals surface area (Å²) in [5, 5.41) is 11.9. The summed E-state index contributed by atoms with van der Waals surface area (Å²) in [7, 11) is -3.60. The first kappa shape index (κ1) is 20.6. The van der Waals surface area contributed by atoms with Gasteiger partial charge in [0.15, 0.2) is 4.34 Å². The molecule has 10 heteroatoms. The largest absolute Gasteiger partial charge is 0.300 e. The highest BCUT2D eigenvalue weighted by molar-refractivity contribution is 8.01. The van der Waals surface area contributed by atoms with Crippen LogP contribution in [0, 0.1) is 6.92 Å². The van der Waals surface area contributed by atoms with Crippen LogP contribution in [0.25, 0.3) is 6.08 Å². The molecule has 1 amide bonds. The van der Waals surface area contributed by atoms with Crippen LogP contribution in [0.4, 0.5) is 5.13 Å². The Bertz CT molecular complexity index is 861. The molecule has 0 aliphatic heterocycles. The molecule has 0 saturated carbocycles. The maximum atomic E-state index is 11.9. The Morgan fingerprint density at radius 3 is 2.69 bits per heavy atom. The van der Waals surface area contributed by atoms with Gasteiger partial charge in [-0.15, -0.1) is 10.2 Å². The van der Waals surface area contributed by atoms with Crippen LogP contribution < -0.4 is 10.0 Å². The van der Waals surface area contributed by atoms with Gasteiger partial charge in [-0.1, -0.05) is 59.9 Å². The topological polar surface area (TPSA) is 101 Å². The third-order valence-electron chi connectivity index (χ3n) is 3.09. The Labute approximate surface area is 161 Å². The summed E-state index contributed by atoms with van der Waals surface area (Å²) in [5.74, 6) is 0.555. The standard InChI is InChI=1S/C16H20N4O3S3/c1-3-24-16-20-19-15(25-16)18-14(21)8-10-17-26(22,23)11-9-13-6-4-12(2)5-7-13/h4-7,9,11,17H,3,8,10H2,1-2H3,(H,18,19,21)/b11-9+. The molecule has 0 radical (unpaired) electrons. The number of carbonyl (C=O) groups is 1. The Balaban J connectivity index is 1.77. The molecule has 7 nitrogen and oxygen atoms in total. The van der Waals surface area contributed by atoms with E-state index in [0.29, 0.717) is 5.13 Å². The summed E-state index contributed by atoms with van der Waals surface area (Å²) >= 11 is 2.83. The van der Waals surface area contributed by atoms with Gasteiger partial charge in [-0.25, -0.2) is 13.1 Å². The highest BCUT2D eigenvalue weighted by Crippen LogP contribution is 2.24. The summed E-state index contributed by atoms with van der Waals surface area (Å²) in [5.41, 5.74) is 1.89. The second-order valence-electron chi connectivity index (χ2n) is 5.26. The van der Waals surface area contributed by atoms with Gasteiger partial charge < -0.3 is 5.32 Å². The van der Waals surface area contributed by atoms with E-state index < -0.39 is 10.0 Å². The van der Waals surface area contributed by atoms with Gasteiger partial charge in [0.2, 0.25) is 21.1 Å². The Morgan fingerprint density at radius 2 is 2.00 bits per heavy atom. The third-order valence-corrected chi connectivity index (χ3v) is 6.05. The molecule has 2 N–H and O–H groups in total. The molecule has 0 fully saturated rings. The van der Waals surface area contributed by atoms with E-state index >= 15 is 0 Å². The van der Waals surface area contributed by atoms with Gasteiger partial charge in [-0.2, -0.15) is 0 Å². The highest BCUT2D eigenvalue weighted by atomic mass is 32.2. The lowest BCUT2D eigenvalue weighted by Gasteiger charge is -2.03. The molecule has 0 spiro atoms. The molecule has 1 heterocycles. The molecule has 0 saturated heterocycles. The number of thioether (sulfide) groups is 1. The fourth-order valence-corrected chi connectivity index (χ4v) is 4.31. The second kappa shape index (κ2) is 9.81. The predicted octanol–water partition coefficient (Wildman–Crippen LogP) is 2.88. The van der Waals surface area contributed by atoms with Crippen LogP contribution in [0.5, 0.6) is 0 Å². The van der Waals surface area contributed by atoms with Crippen LogP contribution in [-0.4, -0.2) is 36.8 Å². The average Bonchev–Trinajstić information content (AvgIpc) is 3.01. The molecule has 1 aromatic carbocycles. The average molecular weight is 413 g/mol. The molecule has 2 rings (SSSR count). The van der Waals surface area contributed by atoms with Crippen molar-refractivity contribution in [2.45, 2.75) is 24.6 Å². The van der Waals surface area contributed by atoms with Crippen molar-refractivity contribution in [1.29, 1.82) is 0 Å². The number of carbonyl (C=O) groups excluding carboxylic acids is 1. The summed E-state index contributed by atoms with van der Waals surface area (Å²) in [6, 6.07) is 7.48. The summed E-state index contributed by atoms with van der Waals surface area (Å²) in [6.45, 7) is 3.97. The van der Waals surface area contributed by atoms with E-state index in [1.54, 1.807) is 11.8 Å². The number of nitrogens with zero attached hydrogens (tertiary/aromatic N) is 2. The number of hydrogen-bond donors (Lipinski definition) is 2. The van der Waals surface area contributed by atoms with Gasteiger partial charge in [-0.3, -0.25) is 4.79 Å². The fraction of sp³-hybridized carbons (Fsp3) is 0.312. The second-order valence-corrected chi connectivity index (χ2v) is 9.40. The lowest BCUT2D eigenvalue weighted by atomic mass is 10.2. The van der Waals surface area contributed by atoms with E-state index in [0.717, 1.165) is 26.6 Å². The summed E-state index contributed by atoms with van der Waals surface area (Å²) in [6.07, 6.45) is 1.52. The van der Waals surface area contributed by atoms with E-state index in [1.807, 2.05) is 38.1 Å². The molecule has 0 atom stereocenters. The maximum absolute atomic E-state index is 11.9. The van der Waals surface area contributed by atoms with Crippen LogP contribution in [0.15, 0.2) is 34.0 Å². The molecule has 0 bridgehead atoms. The van der Waals surface area contributed by atoms with Crippen molar-refractivity contribution < 1.29 is 13.2 Å². The van der Waals surface area contributed by atoms with Crippen LogP contribution in [-0.2, 0) is 14.8 Å². The van der Waals surface area contributed by atoms with Crippen molar-refractivity contribution in [1.82, 2.24) is 14.9 Å². The number of aryl methyl sites for hydroxylation is 1. The quantitative estimate of drug-likeness (QED) is 0.485. The molecular formula is C16H20N4O3S3. The van der Waals surface area contributed by atoms with E-state index in [-0.39, 0.29) is 18.9 Å². The van der Waals surface area contributed by atoms with E-state index in [2.05, 4.69) is 20.2 Å². The smallest absolute Gasteiger partial charge is 0.233 e. The Hall–Kier alpha value is -1.75. The maximum Gasteiger partial charge on any atom is 0.233 e. The van der Waals surface area contributed by atoms with E-state index in [4.69, 9.17) is 0 Å². The lowest BCUT2D eigenvalue weighted by molar-refractivity contribution is -0.116. The van der Waals surface area contributed by atoms with E-state index in [9.17, 15) is 13.2 Å². The highest BCUT2D eigenvalue weighted by Gasteiger charge is 2.10. The van der Waals surface area contributed by atoms with Crippen molar-refractivity contribution in [2.24, 2.45) is 0 Å². The van der Waals surface area contributed by atoms with Gasteiger partial charge in [0.25, 0.3) is 0 Å². The van der Waals surface area contributed by atoms with Crippen LogP contribution in [0.2, 0.25) is 0 Å². The van der Waals surface area contributed by atoms with Gasteiger partial charge >= 0.3 is 0 Å². The normalized spacial score (nSPS) is 11.8. The number of anilines is 1. The van der Waals surface area contributed by atoms with Crippen LogP contribution in [0.3, 0.4) is 0 Å². The zero-order chi connectivity index (χ0) is 19.0. The Morgan fingerprint density at radius 1 is 1.27 bits per heavy atom. The zero-order valence-electron chi connectivity index (χ0n) is 14.4. The van der Waals surface area contributed by atoms with Crippen molar-refractivity contribution in [2.75, 3.05) is 17.6 Å². The lowest BCUT2D eigenvalue weighted by Crippen LogP contribution is -2.26. The van der Waals surface area contributed by atoms with Crippen molar-refractivity contribution in [3.05, 3.63) is 40.8 Å². The van der Waals surface area contributed by atoms with Crippen LogP contribution >= 0.6 is 23.1 Å². The number of rotatable bonds is 9. The van der Waals surface area contributed by atoms with Crippen molar-refractivity contribution >= 4 is 50.2 Å². The minimum Gasteiger partial charge on any atom is -0.300 e. The summed E-state index contributed by atoms with van der Waals surface area (Å²) < 4.78 is 27.0. The predicted molar refractivity (Wildman–Crippen MR) is 107 cm³/mol. The first-order valence-corrected chi connectivity index (χ1v) is 11.2. The van der Waals surface area contributed by atoms with Crippen molar-refractivity contribution in [3.63, 3.8) is 0 Å². The van der Waals surface area contributed by atoms with E-state index in [1.165, 1.54) is 17.4 Å². The van der Waals surface area contributed by atoms with Gasteiger partial charge in [0.05, 0.1) is 0 Å². The van der Waals surface area contributed by atoms with Crippen LogP contribution in [0.1, 0.15) is 24.5 Å². The molecular weight excluding hydrogens is 392 g/mol. The molecule has 2 aromatic rings. The summed E-state index contributed by atoms with van der Waals surface area (Å²) in [4.78, 5) is 11.8. The SMILES string of the molecule is CCSc1nnc(NC(=O)CCNS(=O)(=O)/C=C/c2ccc(C)cc2)s1. The number of sulfonamides is 1. The number of amides is 1. The van der Waals surface area contributed by atoms with Gasteiger partial charge in [0, 0.05) is 18.4 Å². The number of hydrogen-bond acceptors (Lipinski definition) is 7.